The lowest BCUT2D eigenvalue weighted by Crippen LogP contribution is -2.40. The van der Waals surface area contributed by atoms with E-state index >= 15 is 0 Å². The number of rotatable bonds is 10. The van der Waals surface area contributed by atoms with Gasteiger partial charge in [-0.05, 0) is 12.8 Å². The number of esters is 1. The zero-order valence-corrected chi connectivity index (χ0v) is 11.4. The molecular formula is C13H26O5. The minimum absolute atomic E-state index is 0.131. The molecule has 0 heterocycles. The average molecular weight is 262 g/mol. The molecule has 0 aliphatic heterocycles. The predicted molar refractivity (Wildman–Crippen MR) is 68.0 cm³/mol. The fourth-order valence-electron chi connectivity index (χ4n) is 1.71. The molecule has 0 radical (unpaired) electrons. The first-order chi connectivity index (χ1) is 8.59. The van der Waals surface area contributed by atoms with E-state index < -0.39 is 25.2 Å². The molecule has 18 heavy (non-hydrogen) atoms. The molecule has 0 aromatic carbocycles. The van der Waals surface area contributed by atoms with Gasteiger partial charge in [-0.2, -0.15) is 0 Å². The molecule has 108 valence electrons. The topological polar surface area (TPSA) is 87.0 Å². The van der Waals surface area contributed by atoms with Gasteiger partial charge in [-0.25, -0.2) is 0 Å². The van der Waals surface area contributed by atoms with Crippen LogP contribution in [-0.4, -0.2) is 47.7 Å². The van der Waals surface area contributed by atoms with Crippen LogP contribution < -0.4 is 0 Å². The average Bonchev–Trinajstić information content (AvgIpc) is 2.40. The maximum Gasteiger partial charge on any atom is 0.308 e. The molecule has 3 N–H and O–H groups in total. The smallest absolute Gasteiger partial charge is 0.308 e. The van der Waals surface area contributed by atoms with Crippen molar-refractivity contribution in [2.24, 2.45) is 11.3 Å². The second kappa shape index (κ2) is 9.30. The van der Waals surface area contributed by atoms with Gasteiger partial charge in [0.1, 0.15) is 6.61 Å². The molecule has 0 spiro atoms. The highest BCUT2D eigenvalue weighted by Gasteiger charge is 2.31. The van der Waals surface area contributed by atoms with Gasteiger partial charge < -0.3 is 20.1 Å². The van der Waals surface area contributed by atoms with Crippen LogP contribution in [0, 0.1) is 11.3 Å². The number of aliphatic hydroxyl groups excluding tert-OH is 3. The van der Waals surface area contributed by atoms with E-state index in [2.05, 4.69) is 0 Å². The summed E-state index contributed by atoms with van der Waals surface area (Å²) >= 11 is 0. The third kappa shape index (κ3) is 5.33. The van der Waals surface area contributed by atoms with Gasteiger partial charge in [0, 0.05) is 0 Å². The van der Waals surface area contributed by atoms with Crippen LogP contribution in [0.1, 0.15) is 39.5 Å². The molecule has 5 heteroatoms. The van der Waals surface area contributed by atoms with Crippen LogP contribution in [-0.2, 0) is 9.53 Å². The SMILES string of the molecule is CCCC(CCC)C(=O)OCC(CO)(CO)CO. The summed E-state index contributed by atoms with van der Waals surface area (Å²) in [5, 5.41) is 27.4. The molecule has 0 saturated heterocycles. The van der Waals surface area contributed by atoms with Gasteiger partial charge in [0.25, 0.3) is 0 Å². The van der Waals surface area contributed by atoms with Crippen LogP contribution in [0.15, 0.2) is 0 Å². The minimum atomic E-state index is -1.14. The molecule has 0 amide bonds. The van der Waals surface area contributed by atoms with Gasteiger partial charge in [0.05, 0.1) is 31.2 Å². The van der Waals surface area contributed by atoms with Crippen LogP contribution in [0.25, 0.3) is 0 Å². The molecule has 0 rings (SSSR count). The third-order valence-electron chi connectivity index (χ3n) is 3.13. The lowest BCUT2D eigenvalue weighted by molar-refractivity contribution is -0.156. The van der Waals surface area contributed by atoms with Crippen LogP contribution in [0.2, 0.25) is 0 Å². The van der Waals surface area contributed by atoms with E-state index in [-0.39, 0.29) is 18.5 Å². The third-order valence-corrected chi connectivity index (χ3v) is 3.13. The first-order valence-electron chi connectivity index (χ1n) is 6.58. The van der Waals surface area contributed by atoms with E-state index in [1.807, 2.05) is 13.8 Å². The van der Waals surface area contributed by atoms with E-state index in [9.17, 15) is 4.79 Å². The standard InChI is InChI=1S/C13H26O5/c1-3-5-11(6-4-2)12(17)18-10-13(7-14,8-15)9-16/h11,14-16H,3-10H2,1-2H3. The molecule has 0 aliphatic rings. The number of aliphatic hydroxyl groups is 3. The van der Waals surface area contributed by atoms with Crippen molar-refractivity contribution in [1.82, 2.24) is 0 Å². The second-order valence-corrected chi connectivity index (χ2v) is 4.86. The zero-order chi connectivity index (χ0) is 14.0. The molecular weight excluding hydrogens is 236 g/mol. The van der Waals surface area contributed by atoms with E-state index in [1.165, 1.54) is 0 Å². The molecule has 0 unspecified atom stereocenters. The quantitative estimate of drug-likeness (QED) is 0.505. The van der Waals surface area contributed by atoms with Crippen molar-refractivity contribution in [1.29, 1.82) is 0 Å². The van der Waals surface area contributed by atoms with Gasteiger partial charge in [0.2, 0.25) is 0 Å². The number of carbonyl (C=O) groups is 1. The van der Waals surface area contributed by atoms with Gasteiger partial charge in [-0.3, -0.25) is 4.79 Å². The highest BCUT2D eigenvalue weighted by Crippen LogP contribution is 2.19. The molecule has 0 fully saturated rings. The summed E-state index contributed by atoms with van der Waals surface area (Å²) in [5.74, 6) is -0.438. The van der Waals surface area contributed by atoms with E-state index in [0.717, 1.165) is 25.7 Å². The van der Waals surface area contributed by atoms with Crippen molar-refractivity contribution >= 4 is 5.97 Å². The molecule has 0 bridgehead atoms. The lowest BCUT2D eigenvalue weighted by atomic mass is 9.92. The van der Waals surface area contributed by atoms with Crippen LogP contribution in [0.5, 0.6) is 0 Å². The van der Waals surface area contributed by atoms with Crippen molar-refractivity contribution < 1.29 is 24.9 Å². The summed E-state index contributed by atoms with van der Waals surface area (Å²) in [7, 11) is 0. The largest absolute Gasteiger partial charge is 0.465 e. The Kier molecular flexibility index (Phi) is 8.97. The summed E-state index contributed by atoms with van der Waals surface area (Å²) in [6, 6.07) is 0. The highest BCUT2D eigenvalue weighted by molar-refractivity contribution is 5.72. The Balaban J connectivity index is 4.35. The Morgan fingerprint density at radius 2 is 1.50 bits per heavy atom. The van der Waals surface area contributed by atoms with Crippen molar-refractivity contribution in [3.63, 3.8) is 0 Å². The maximum absolute atomic E-state index is 11.9. The summed E-state index contributed by atoms with van der Waals surface area (Å²) < 4.78 is 5.13. The first-order valence-corrected chi connectivity index (χ1v) is 6.58. The van der Waals surface area contributed by atoms with E-state index in [0.29, 0.717) is 0 Å². The normalized spacial score (nSPS) is 11.9. The Morgan fingerprint density at radius 1 is 1.06 bits per heavy atom. The van der Waals surface area contributed by atoms with Crippen LogP contribution in [0.3, 0.4) is 0 Å². The first kappa shape index (κ1) is 17.4. The Labute approximate surface area is 109 Å². The monoisotopic (exact) mass is 262 g/mol. The fraction of sp³-hybridized carbons (Fsp3) is 0.923. The molecule has 0 saturated carbocycles. The summed E-state index contributed by atoms with van der Waals surface area (Å²) in [6.07, 6.45) is 3.36. The Bertz CT molecular complexity index is 211. The van der Waals surface area contributed by atoms with Gasteiger partial charge in [-0.15, -0.1) is 0 Å². The Morgan fingerprint density at radius 3 is 1.83 bits per heavy atom. The zero-order valence-electron chi connectivity index (χ0n) is 11.4. The summed E-state index contributed by atoms with van der Waals surface area (Å²) in [6.45, 7) is 2.61. The van der Waals surface area contributed by atoms with Crippen LogP contribution in [0.4, 0.5) is 0 Å². The number of ether oxygens (including phenoxy) is 1. The van der Waals surface area contributed by atoms with Crippen molar-refractivity contribution in [2.75, 3.05) is 26.4 Å². The predicted octanol–water partition coefficient (Wildman–Crippen LogP) is 0.709. The van der Waals surface area contributed by atoms with Gasteiger partial charge in [-0.1, -0.05) is 26.7 Å². The molecule has 5 nitrogen and oxygen atoms in total. The number of carbonyl (C=O) groups excluding carboxylic acids is 1. The summed E-state index contributed by atoms with van der Waals surface area (Å²) in [4.78, 5) is 11.9. The van der Waals surface area contributed by atoms with Crippen molar-refractivity contribution in [3.05, 3.63) is 0 Å². The van der Waals surface area contributed by atoms with Gasteiger partial charge in [0.15, 0.2) is 0 Å². The molecule has 0 aromatic heterocycles. The number of hydrogen-bond acceptors (Lipinski definition) is 5. The summed E-state index contributed by atoms with van der Waals surface area (Å²) in [5.41, 5.74) is -1.14. The van der Waals surface area contributed by atoms with E-state index in [4.69, 9.17) is 20.1 Å². The maximum atomic E-state index is 11.9. The van der Waals surface area contributed by atoms with Gasteiger partial charge >= 0.3 is 5.97 Å². The molecule has 0 atom stereocenters. The van der Waals surface area contributed by atoms with Crippen molar-refractivity contribution in [3.8, 4) is 0 Å². The second-order valence-electron chi connectivity index (χ2n) is 4.86. The highest BCUT2D eigenvalue weighted by atomic mass is 16.5. The minimum Gasteiger partial charge on any atom is -0.465 e. The molecule has 0 aliphatic carbocycles. The van der Waals surface area contributed by atoms with Crippen molar-refractivity contribution in [2.45, 2.75) is 39.5 Å². The van der Waals surface area contributed by atoms with E-state index in [1.54, 1.807) is 0 Å². The molecule has 0 aromatic rings. The lowest BCUT2D eigenvalue weighted by Gasteiger charge is -2.27. The Hall–Kier alpha value is -0.650. The fourth-order valence-corrected chi connectivity index (χ4v) is 1.71. The number of hydrogen-bond donors (Lipinski definition) is 3. The van der Waals surface area contributed by atoms with Crippen LogP contribution >= 0.6 is 0 Å².